The molecule has 6 heteroatoms. The molecule has 0 bridgehead atoms. The third kappa shape index (κ3) is 2.33. The van der Waals surface area contributed by atoms with Crippen molar-refractivity contribution in [2.75, 3.05) is 25.1 Å². The number of amides is 2. The van der Waals surface area contributed by atoms with Gasteiger partial charge in [0.1, 0.15) is 5.76 Å². The number of urea groups is 1. The number of rotatable bonds is 1. The van der Waals surface area contributed by atoms with Crippen molar-refractivity contribution in [2.45, 2.75) is 19.9 Å². The smallest absolute Gasteiger partial charge is 0.323 e. The van der Waals surface area contributed by atoms with Gasteiger partial charge in [0.2, 0.25) is 0 Å². The molecule has 1 saturated heterocycles. The molecule has 0 radical (unpaired) electrons. The van der Waals surface area contributed by atoms with E-state index in [-0.39, 0.29) is 12.1 Å². The molecule has 2 rings (SSSR count). The van der Waals surface area contributed by atoms with E-state index in [1.165, 1.54) is 0 Å². The molecule has 1 aliphatic rings. The SMILES string of the molecule is Cc1cc(NC(=O)N2CCOCC2C)no1. The van der Waals surface area contributed by atoms with E-state index < -0.39 is 0 Å². The standard InChI is InChI=1S/C10H15N3O3/c1-7-6-15-4-3-13(7)10(14)11-9-5-8(2)16-12-9/h5,7H,3-4,6H2,1-2H3,(H,11,12,14). The Morgan fingerprint density at radius 1 is 1.69 bits per heavy atom. The Bertz CT molecular complexity index is 377. The number of nitrogens with zero attached hydrogens (tertiary/aromatic N) is 2. The zero-order valence-electron chi connectivity index (χ0n) is 9.40. The molecule has 1 N–H and O–H groups in total. The molecule has 1 atom stereocenters. The van der Waals surface area contributed by atoms with E-state index in [4.69, 9.17) is 9.26 Å². The van der Waals surface area contributed by atoms with Crippen LogP contribution in [0.25, 0.3) is 0 Å². The fourth-order valence-corrected chi connectivity index (χ4v) is 1.64. The van der Waals surface area contributed by atoms with Crippen LogP contribution in [0.1, 0.15) is 12.7 Å². The number of anilines is 1. The highest BCUT2D eigenvalue weighted by molar-refractivity contribution is 5.88. The molecular weight excluding hydrogens is 210 g/mol. The molecule has 0 saturated carbocycles. The summed E-state index contributed by atoms with van der Waals surface area (Å²) >= 11 is 0. The topological polar surface area (TPSA) is 67.6 Å². The third-order valence-electron chi connectivity index (χ3n) is 2.49. The highest BCUT2D eigenvalue weighted by Gasteiger charge is 2.24. The molecule has 6 nitrogen and oxygen atoms in total. The lowest BCUT2D eigenvalue weighted by Crippen LogP contribution is -2.48. The molecule has 1 aliphatic heterocycles. The molecule has 1 fully saturated rings. The Labute approximate surface area is 93.5 Å². The fourth-order valence-electron chi connectivity index (χ4n) is 1.64. The van der Waals surface area contributed by atoms with Gasteiger partial charge in [-0.15, -0.1) is 0 Å². The van der Waals surface area contributed by atoms with Crippen molar-refractivity contribution in [3.05, 3.63) is 11.8 Å². The van der Waals surface area contributed by atoms with E-state index in [0.29, 0.717) is 31.3 Å². The molecule has 1 aromatic rings. The van der Waals surface area contributed by atoms with E-state index >= 15 is 0 Å². The van der Waals surface area contributed by atoms with Gasteiger partial charge in [0.05, 0.1) is 19.3 Å². The maximum atomic E-state index is 11.9. The van der Waals surface area contributed by atoms with Gasteiger partial charge < -0.3 is 14.2 Å². The van der Waals surface area contributed by atoms with Crippen LogP contribution in [0, 0.1) is 6.92 Å². The Morgan fingerprint density at radius 3 is 3.12 bits per heavy atom. The zero-order valence-corrected chi connectivity index (χ0v) is 9.40. The summed E-state index contributed by atoms with van der Waals surface area (Å²) in [6, 6.07) is 1.61. The average Bonchev–Trinajstić information content (AvgIpc) is 2.64. The van der Waals surface area contributed by atoms with Crippen LogP contribution in [0.3, 0.4) is 0 Å². The maximum absolute atomic E-state index is 11.9. The largest absolute Gasteiger partial charge is 0.377 e. The van der Waals surface area contributed by atoms with Crippen LogP contribution in [0.2, 0.25) is 0 Å². The summed E-state index contributed by atoms with van der Waals surface area (Å²) in [5.74, 6) is 1.12. The lowest BCUT2D eigenvalue weighted by molar-refractivity contribution is 0.0221. The lowest BCUT2D eigenvalue weighted by atomic mass is 10.3. The van der Waals surface area contributed by atoms with Crippen molar-refractivity contribution < 1.29 is 14.1 Å². The minimum absolute atomic E-state index is 0.0850. The lowest BCUT2D eigenvalue weighted by Gasteiger charge is -2.32. The first kappa shape index (κ1) is 10.9. The summed E-state index contributed by atoms with van der Waals surface area (Å²) in [7, 11) is 0. The number of morpholine rings is 1. The van der Waals surface area contributed by atoms with Crippen LogP contribution in [0.4, 0.5) is 10.6 Å². The predicted octanol–water partition coefficient (Wildman–Crippen LogP) is 1.24. The van der Waals surface area contributed by atoms with Gasteiger partial charge in [-0.25, -0.2) is 4.79 Å². The number of hydrogen-bond donors (Lipinski definition) is 1. The van der Waals surface area contributed by atoms with Crippen molar-refractivity contribution in [3.8, 4) is 0 Å². The second-order valence-electron chi connectivity index (χ2n) is 3.87. The number of nitrogens with one attached hydrogen (secondary N) is 1. The Hall–Kier alpha value is -1.56. The number of carbonyl (C=O) groups excluding carboxylic acids is 1. The summed E-state index contributed by atoms with van der Waals surface area (Å²) in [5, 5.41) is 6.40. The van der Waals surface area contributed by atoms with Crippen molar-refractivity contribution in [2.24, 2.45) is 0 Å². The van der Waals surface area contributed by atoms with Crippen LogP contribution in [-0.2, 0) is 4.74 Å². The Morgan fingerprint density at radius 2 is 2.50 bits per heavy atom. The van der Waals surface area contributed by atoms with Crippen molar-refractivity contribution in [3.63, 3.8) is 0 Å². The molecule has 0 aliphatic carbocycles. The van der Waals surface area contributed by atoms with Crippen LogP contribution in [-0.4, -0.2) is 41.9 Å². The van der Waals surface area contributed by atoms with E-state index in [1.54, 1.807) is 17.9 Å². The second kappa shape index (κ2) is 4.52. The van der Waals surface area contributed by atoms with Gasteiger partial charge in [-0.3, -0.25) is 5.32 Å². The summed E-state index contributed by atoms with van der Waals surface area (Å²) in [6.45, 7) is 5.48. The number of carbonyl (C=O) groups is 1. The van der Waals surface area contributed by atoms with Gasteiger partial charge >= 0.3 is 6.03 Å². The summed E-state index contributed by atoms with van der Waals surface area (Å²) in [4.78, 5) is 13.6. The van der Waals surface area contributed by atoms with Crippen LogP contribution >= 0.6 is 0 Å². The highest BCUT2D eigenvalue weighted by Crippen LogP contribution is 2.11. The third-order valence-corrected chi connectivity index (χ3v) is 2.49. The molecule has 88 valence electrons. The zero-order chi connectivity index (χ0) is 11.5. The van der Waals surface area contributed by atoms with E-state index in [9.17, 15) is 4.79 Å². The average molecular weight is 225 g/mol. The molecule has 0 aromatic carbocycles. The molecule has 2 amide bonds. The van der Waals surface area contributed by atoms with E-state index in [0.717, 1.165) is 0 Å². The van der Waals surface area contributed by atoms with Crippen molar-refractivity contribution in [1.82, 2.24) is 10.1 Å². The van der Waals surface area contributed by atoms with E-state index in [2.05, 4.69) is 10.5 Å². The summed E-state index contributed by atoms with van der Waals surface area (Å²) in [6.07, 6.45) is 0. The normalized spacial score (nSPS) is 20.9. The molecule has 1 aromatic heterocycles. The molecular formula is C10H15N3O3. The van der Waals surface area contributed by atoms with Gasteiger partial charge in [0.15, 0.2) is 5.82 Å². The molecule has 16 heavy (non-hydrogen) atoms. The van der Waals surface area contributed by atoms with Gasteiger partial charge in [-0.2, -0.15) is 0 Å². The number of aromatic nitrogens is 1. The monoisotopic (exact) mass is 225 g/mol. The molecule has 2 heterocycles. The Kier molecular flexibility index (Phi) is 3.09. The van der Waals surface area contributed by atoms with Crippen LogP contribution in [0.15, 0.2) is 10.6 Å². The number of aryl methyl sites for hydroxylation is 1. The number of hydrogen-bond acceptors (Lipinski definition) is 4. The first-order chi connectivity index (χ1) is 7.66. The van der Waals surface area contributed by atoms with Gasteiger partial charge in [-0.1, -0.05) is 5.16 Å². The molecule has 1 unspecified atom stereocenters. The summed E-state index contributed by atoms with van der Waals surface area (Å²) < 4.78 is 10.1. The quantitative estimate of drug-likeness (QED) is 0.780. The van der Waals surface area contributed by atoms with Gasteiger partial charge in [-0.05, 0) is 13.8 Å². The van der Waals surface area contributed by atoms with Crippen molar-refractivity contribution in [1.29, 1.82) is 0 Å². The first-order valence-electron chi connectivity index (χ1n) is 5.25. The predicted molar refractivity (Wildman–Crippen MR) is 57.2 cm³/mol. The highest BCUT2D eigenvalue weighted by atomic mass is 16.5. The second-order valence-corrected chi connectivity index (χ2v) is 3.87. The van der Waals surface area contributed by atoms with Gasteiger partial charge in [0, 0.05) is 12.6 Å². The number of ether oxygens (including phenoxy) is 1. The van der Waals surface area contributed by atoms with Crippen molar-refractivity contribution >= 4 is 11.8 Å². The minimum atomic E-state index is -0.163. The minimum Gasteiger partial charge on any atom is -0.377 e. The van der Waals surface area contributed by atoms with E-state index in [1.807, 2.05) is 6.92 Å². The van der Waals surface area contributed by atoms with Crippen LogP contribution in [0.5, 0.6) is 0 Å². The fraction of sp³-hybridized carbons (Fsp3) is 0.600. The first-order valence-corrected chi connectivity index (χ1v) is 5.25. The maximum Gasteiger partial charge on any atom is 0.323 e. The van der Waals surface area contributed by atoms with Crippen LogP contribution < -0.4 is 5.32 Å². The molecule has 0 spiro atoms. The summed E-state index contributed by atoms with van der Waals surface area (Å²) in [5.41, 5.74) is 0. The Balaban J connectivity index is 1.96. The van der Waals surface area contributed by atoms with Gasteiger partial charge in [0.25, 0.3) is 0 Å².